The van der Waals surface area contributed by atoms with E-state index in [0.717, 1.165) is 34.0 Å². The van der Waals surface area contributed by atoms with Gasteiger partial charge in [0.25, 0.3) is 0 Å². The van der Waals surface area contributed by atoms with Crippen LogP contribution in [0.2, 0.25) is 0 Å². The number of carbonyl (C=O) groups excluding carboxylic acids is 4. The van der Waals surface area contributed by atoms with Gasteiger partial charge in [0.1, 0.15) is 23.4 Å². The lowest BCUT2D eigenvalue weighted by Crippen LogP contribution is -2.55. The summed E-state index contributed by atoms with van der Waals surface area (Å²) in [4.78, 5) is 51.0. The molecule has 2 unspecified atom stereocenters. The number of unbranched alkanes of at least 4 members (excludes halogenated alkanes) is 2. The summed E-state index contributed by atoms with van der Waals surface area (Å²) in [5, 5.41) is 8.46. The third kappa shape index (κ3) is 13.1. The number of esters is 1. The highest BCUT2D eigenvalue weighted by atomic mass is 127. The summed E-state index contributed by atoms with van der Waals surface area (Å²) < 4.78 is 16.3. The van der Waals surface area contributed by atoms with Crippen molar-refractivity contribution < 1.29 is 33.4 Å². The lowest BCUT2D eigenvalue weighted by molar-refractivity contribution is -0.143. The van der Waals surface area contributed by atoms with Gasteiger partial charge < -0.3 is 30.2 Å². The van der Waals surface area contributed by atoms with Crippen LogP contribution in [0.1, 0.15) is 58.1 Å². The van der Waals surface area contributed by atoms with Gasteiger partial charge in [0, 0.05) is 19.4 Å². The molecular formula is C31H42IN3O7. The highest BCUT2D eigenvalue weighted by Crippen LogP contribution is 2.23. The fourth-order valence-electron chi connectivity index (χ4n) is 3.92. The second-order valence-electron chi connectivity index (χ2n) is 10.8. The molecule has 11 heteroatoms. The van der Waals surface area contributed by atoms with Gasteiger partial charge >= 0.3 is 12.1 Å². The van der Waals surface area contributed by atoms with E-state index in [-0.39, 0.29) is 25.4 Å². The molecule has 0 aliphatic carbocycles. The zero-order valence-corrected chi connectivity index (χ0v) is 27.1. The molecule has 0 heterocycles. The summed E-state index contributed by atoms with van der Waals surface area (Å²) in [6, 6.07) is 12.7. The number of benzene rings is 2. The number of carbonyl (C=O) groups is 4. The Balaban J connectivity index is 2.26. The van der Waals surface area contributed by atoms with Crippen LogP contribution in [0.3, 0.4) is 0 Å². The highest BCUT2D eigenvalue weighted by Gasteiger charge is 2.29. The highest BCUT2D eigenvalue weighted by molar-refractivity contribution is 14.1. The molecule has 2 aromatic carbocycles. The van der Waals surface area contributed by atoms with Crippen LogP contribution >= 0.6 is 22.6 Å². The number of nitrogens with one attached hydrogen (secondary N) is 3. The maximum Gasteiger partial charge on any atom is 0.408 e. The third-order valence-corrected chi connectivity index (χ3v) is 6.85. The number of hydrogen-bond donors (Lipinski definition) is 3. The molecule has 10 nitrogen and oxygen atoms in total. The Bertz CT molecular complexity index is 1180. The monoisotopic (exact) mass is 695 g/mol. The Hall–Kier alpha value is -3.35. The lowest BCUT2D eigenvalue weighted by Gasteiger charge is -2.25. The average molecular weight is 696 g/mol. The van der Waals surface area contributed by atoms with Gasteiger partial charge in [-0.2, -0.15) is 0 Å². The topological polar surface area (TPSA) is 132 Å². The van der Waals surface area contributed by atoms with Crippen LogP contribution in [0.25, 0.3) is 0 Å². The Morgan fingerprint density at radius 2 is 1.55 bits per heavy atom. The zero-order chi connectivity index (χ0) is 31.1. The van der Waals surface area contributed by atoms with Crippen molar-refractivity contribution in [2.45, 2.75) is 77.5 Å². The fourth-order valence-corrected chi connectivity index (χ4v) is 4.66. The SMILES string of the molecule is CCCCCNC(=O)C(Cc1ccc(OCC(=O)OC)c(I)c1)NC(=O)C(Cc1ccccc1)NC(=O)OC(C)(C)C. The molecule has 0 bridgehead atoms. The molecule has 0 aromatic heterocycles. The molecule has 0 aliphatic heterocycles. The summed E-state index contributed by atoms with van der Waals surface area (Å²) in [5.41, 5.74) is 0.868. The van der Waals surface area contributed by atoms with E-state index in [9.17, 15) is 19.2 Å². The molecule has 230 valence electrons. The van der Waals surface area contributed by atoms with Gasteiger partial charge in [-0.15, -0.1) is 0 Å². The third-order valence-electron chi connectivity index (χ3n) is 6.01. The molecule has 2 rings (SSSR count). The summed E-state index contributed by atoms with van der Waals surface area (Å²) in [6.45, 7) is 7.56. The summed E-state index contributed by atoms with van der Waals surface area (Å²) in [7, 11) is 1.29. The van der Waals surface area contributed by atoms with E-state index < -0.39 is 35.7 Å². The van der Waals surface area contributed by atoms with E-state index in [0.29, 0.717) is 12.3 Å². The second-order valence-corrected chi connectivity index (χ2v) is 11.9. The van der Waals surface area contributed by atoms with Crippen molar-refractivity contribution in [3.8, 4) is 5.75 Å². The van der Waals surface area contributed by atoms with Gasteiger partial charge in [0.05, 0.1) is 10.7 Å². The standard InChI is InChI=1S/C31H42IN3O7/c1-6-7-11-16-33-28(37)24(19-22-14-15-26(23(32)17-22)41-20-27(36)40-5)34-29(38)25(18-21-12-9-8-10-13-21)35-30(39)42-31(2,3)4/h8-10,12-15,17,24-25H,6-7,11,16,18-20H2,1-5H3,(H,33,37)(H,34,38)(H,35,39). The van der Waals surface area contributed by atoms with Crippen molar-refractivity contribution in [3.63, 3.8) is 0 Å². The molecule has 3 amide bonds. The van der Waals surface area contributed by atoms with Gasteiger partial charge in [0.2, 0.25) is 11.8 Å². The van der Waals surface area contributed by atoms with Crippen molar-refractivity contribution in [1.82, 2.24) is 16.0 Å². The van der Waals surface area contributed by atoms with Gasteiger partial charge in [-0.3, -0.25) is 9.59 Å². The Kier molecular flexibility index (Phi) is 14.6. The minimum Gasteiger partial charge on any atom is -0.481 e. The summed E-state index contributed by atoms with van der Waals surface area (Å²) in [5.74, 6) is -0.830. The predicted molar refractivity (Wildman–Crippen MR) is 168 cm³/mol. The van der Waals surface area contributed by atoms with Gasteiger partial charge in [-0.05, 0) is 73.0 Å². The number of amides is 3. The normalized spacial score (nSPS) is 12.4. The maximum absolute atomic E-state index is 13.6. The zero-order valence-electron chi connectivity index (χ0n) is 25.0. The summed E-state index contributed by atoms with van der Waals surface area (Å²) in [6.07, 6.45) is 2.49. The smallest absolute Gasteiger partial charge is 0.408 e. The largest absolute Gasteiger partial charge is 0.481 e. The molecule has 42 heavy (non-hydrogen) atoms. The molecule has 0 spiro atoms. The van der Waals surface area contributed by atoms with Crippen LogP contribution in [-0.4, -0.2) is 61.8 Å². The first-order valence-corrected chi connectivity index (χ1v) is 15.1. The van der Waals surface area contributed by atoms with E-state index in [1.807, 2.05) is 36.4 Å². The molecule has 0 saturated carbocycles. The summed E-state index contributed by atoms with van der Waals surface area (Å²) >= 11 is 2.09. The fraction of sp³-hybridized carbons (Fsp3) is 0.484. The van der Waals surface area contributed by atoms with Crippen LogP contribution in [0, 0.1) is 3.57 Å². The van der Waals surface area contributed by atoms with Gasteiger partial charge in [-0.1, -0.05) is 56.2 Å². The minimum atomic E-state index is -0.980. The second kappa shape index (κ2) is 17.6. The van der Waals surface area contributed by atoms with Crippen molar-refractivity contribution in [2.24, 2.45) is 0 Å². The van der Waals surface area contributed by atoms with Crippen molar-refractivity contribution >= 4 is 46.5 Å². The first-order chi connectivity index (χ1) is 19.9. The molecule has 2 atom stereocenters. The van der Waals surface area contributed by atoms with Crippen LogP contribution in [-0.2, 0) is 36.7 Å². The quantitative estimate of drug-likeness (QED) is 0.144. The van der Waals surface area contributed by atoms with Crippen molar-refractivity contribution in [3.05, 3.63) is 63.2 Å². The van der Waals surface area contributed by atoms with Crippen molar-refractivity contribution in [1.29, 1.82) is 0 Å². The molecular weight excluding hydrogens is 653 g/mol. The molecule has 3 N–H and O–H groups in total. The number of alkyl carbamates (subject to hydrolysis) is 1. The van der Waals surface area contributed by atoms with E-state index >= 15 is 0 Å². The average Bonchev–Trinajstić information content (AvgIpc) is 2.93. The van der Waals surface area contributed by atoms with Crippen LogP contribution in [0.15, 0.2) is 48.5 Å². The number of hydrogen-bond acceptors (Lipinski definition) is 7. The number of methoxy groups -OCH3 is 1. The maximum atomic E-state index is 13.6. The van der Waals surface area contributed by atoms with E-state index in [1.54, 1.807) is 32.9 Å². The number of halogens is 1. The Labute approximate surface area is 261 Å². The van der Waals surface area contributed by atoms with Gasteiger partial charge in [0.15, 0.2) is 6.61 Å². The van der Waals surface area contributed by atoms with Crippen LogP contribution in [0.4, 0.5) is 4.79 Å². The van der Waals surface area contributed by atoms with E-state index in [4.69, 9.17) is 9.47 Å². The molecule has 0 aliphatic rings. The van der Waals surface area contributed by atoms with Gasteiger partial charge in [-0.25, -0.2) is 9.59 Å². The molecule has 0 radical (unpaired) electrons. The van der Waals surface area contributed by atoms with Crippen molar-refractivity contribution in [2.75, 3.05) is 20.3 Å². The first-order valence-electron chi connectivity index (χ1n) is 14.0. The first kappa shape index (κ1) is 34.8. The van der Waals surface area contributed by atoms with Crippen LogP contribution in [0.5, 0.6) is 5.75 Å². The number of rotatable bonds is 15. The number of ether oxygens (including phenoxy) is 3. The van der Waals surface area contributed by atoms with E-state index in [1.165, 1.54) is 7.11 Å². The molecule has 2 aromatic rings. The lowest BCUT2D eigenvalue weighted by atomic mass is 10.0. The Morgan fingerprint density at radius 3 is 2.17 bits per heavy atom. The predicted octanol–water partition coefficient (Wildman–Crippen LogP) is 4.31. The molecule has 0 saturated heterocycles. The van der Waals surface area contributed by atoms with E-state index in [2.05, 4.69) is 50.2 Å². The van der Waals surface area contributed by atoms with Crippen LogP contribution < -0.4 is 20.7 Å². The Morgan fingerprint density at radius 1 is 0.881 bits per heavy atom. The molecule has 0 fully saturated rings. The minimum absolute atomic E-state index is 0.198.